The molecule has 0 amide bonds. The van der Waals surface area contributed by atoms with E-state index >= 15 is 0 Å². The largest absolute Gasteiger partial charge is 1.00 e. The second-order valence-electron chi connectivity index (χ2n) is 20.5. The summed E-state index contributed by atoms with van der Waals surface area (Å²) in [6.45, 7) is 14.7. The summed E-state index contributed by atoms with van der Waals surface area (Å²) in [4.78, 5) is 67.0. The number of imidazole rings is 4. The number of hydrogen-bond acceptors (Lipinski definition) is 15. The fourth-order valence-electron chi connectivity index (χ4n) is 9.25. The van der Waals surface area contributed by atoms with Crippen LogP contribution in [0.25, 0.3) is 44.1 Å². The van der Waals surface area contributed by atoms with E-state index in [1.165, 1.54) is 14.2 Å². The van der Waals surface area contributed by atoms with Gasteiger partial charge in [-0.1, -0.05) is 99.3 Å². The van der Waals surface area contributed by atoms with Crippen molar-refractivity contribution in [2.24, 2.45) is 0 Å². The minimum absolute atomic E-state index is 0. The van der Waals surface area contributed by atoms with E-state index in [0.717, 1.165) is 124 Å². The molecule has 0 aliphatic carbocycles. The third-order valence-corrected chi connectivity index (χ3v) is 15.9. The van der Waals surface area contributed by atoms with Crippen molar-refractivity contribution >= 4 is 149 Å². The van der Waals surface area contributed by atoms with Gasteiger partial charge in [0.25, 0.3) is 0 Å². The molecule has 11 rings (SSSR count). The Hall–Kier alpha value is -7.26. The van der Waals surface area contributed by atoms with Gasteiger partial charge in [-0.3, -0.25) is 0 Å². The molecule has 96 heavy (non-hydrogen) atoms. The summed E-state index contributed by atoms with van der Waals surface area (Å²) in [7, 11) is 10.0. The molecule has 0 unspecified atom stereocenters. The van der Waals surface area contributed by atoms with Gasteiger partial charge in [0.2, 0.25) is 32.5 Å². The van der Waals surface area contributed by atoms with Crippen LogP contribution in [0.3, 0.4) is 0 Å². The maximum Gasteiger partial charge on any atom is 1.00 e. The normalized spacial score (nSPS) is 10.4. The van der Waals surface area contributed by atoms with Crippen LogP contribution in [-0.4, -0.2) is 122 Å². The molecule has 29 heteroatoms. The molecule has 4 heterocycles. The van der Waals surface area contributed by atoms with Crippen LogP contribution in [-0.2, 0) is 31.8 Å². The Morgan fingerprint density at radius 1 is 0.490 bits per heavy atom. The molecule has 0 spiro atoms. The Morgan fingerprint density at radius 3 is 1.17 bits per heavy atom. The molecular weight excluding hydrogens is 1440 g/mol. The molecule has 0 atom stereocenters. The molecule has 0 fully saturated rings. The van der Waals surface area contributed by atoms with Crippen molar-refractivity contribution in [3.63, 3.8) is 0 Å². The number of H-pyrrole nitrogens is 2. The number of benzene rings is 7. The number of ether oxygens (including phenoxy) is 5. The van der Waals surface area contributed by atoms with Crippen LogP contribution in [0.4, 0.5) is 0 Å². The van der Waals surface area contributed by atoms with Crippen LogP contribution in [0, 0.1) is 41.5 Å². The molecule has 4 aromatic heterocycles. The first kappa shape index (κ1) is 81.2. The molecule has 0 saturated heterocycles. The molecule has 0 aliphatic rings. The number of halogens is 6. The van der Waals surface area contributed by atoms with Crippen LogP contribution in [0.15, 0.2) is 133 Å². The number of aromatic carboxylic acids is 2. The van der Waals surface area contributed by atoms with Gasteiger partial charge < -0.3 is 58.5 Å². The zero-order valence-corrected chi connectivity index (χ0v) is 62.0. The quantitative estimate of drug-likeness (QED) is 0.0204. The van der Waals surface area contributed by atoms with Crippen LogP contribution >= 0.6 is 72.1 Å². The van der Waals surface area contributed by atoms with E-state index in [2.05, 4.69) is 71.9 Å². The number of aromatic nitrogens is 8. The van der Waals surface area contributed by atoms with Crippen LogP contribution in [0.1, 0.15) is 95.1 Å². The SMILES string of the molecule is COC(=O)c1nc2ccccc2[nH]1.COC(=O)c1nc2ccccc2n1CCCOc1cc(C)c(Cl)c(C)c1.Cc1cc(OCCCBr)cc(C)c1Cl.Cc1cc(OCCCn2c(C(=O)O)nc3ccccc32)cc(C)c1Cl.O=C(O)c1nc2ccccc2[nH]1.O=S(Cl)Cl.[Na+].[OH-]. The number of methoxy groups -OCH3 is 2. The Kier molecular flexibility index (Phi) is 34.2. The number of rotatable bonds is 18. The number of hydrogen-bond donors (Lipinski definition) is 4. The van der Waals surface area contributed by atoms with Gasteiger partial charge in [-0.15, -0.1) is 0 Å². The number of carbonyl (C=O) groups excluding carboxylic acids is 2. The minimum Gasteiger partial charge on any atom is -0.870 e. The van der Waals surface area contributed by atoms with Gasteiger partial charge in [0, 0.05) is 54.9 Å². The predicted octanol–water partition coefficient (Wildman–Crippen LogP) is 13.6. The summed E-state index contributed by atoms with van der Waals surface area (Å²) in [5, 5.41) is 21.3. The van der Waals surface area contributed by atoms with Gasteiger partial charge >= 0.3 is 53.4 Å². The standard InChI is InChI=1S/C20H21ClN2O3.C19H19ClN2O3.C11H14BrClO.C9H8N2O2.C8H6N2O2.Cl2OS.Na.H2O/c1-13-11-15(12-14(2)18(13)21)26-10-6-9-23-17-8-5-4-7-16(17)22-19(23)20(24)25-3;1-12-10-14(11-13(2)17(12)20)25-9-5-8-22-16-7-4-3-6-15(16)21-18(22)19(23)24;1-8-6-10(14-5-3-4-12)7-9(2)11(8)13;1-13-9(12)8-10-6-4-2-3-5-7(6)11-8;11-8(12)7-9-5-3-1-2-4-6(5)10-7;1-4(2)3;;/h4-5,7-8,11-12H,6,9-10H2,1-3H3;3-4,6-7,10-11H,5,8-9H2,1-2H3,(H,23,24);6-7H,3-5H2,1-2H3;2-5H,1H3,(H,10,11);1-4H,(H,9,10)(H,11,12);;;1H2/q;;;;;;+1;/p-1. The molecule has 0 bridgehead atoms. The number of nitrogens with zero attached hydrogens (tertiary/aromatic N) is 6. The zero-order chi connectivity index (χ0) is 68.6. The third-order valence-electron chi connectivity index (χ3n) is 13.6. The van der Waals surface area contributed by atoms with Gasteiger partial charge in [0.15, 0.2) is 0 Å². The zero-order valence-electron chi connectivity index (χ0n) is 53.8. The van der Waals surface area contributed by atoms with Crippen molar-refractivity contribution in [3.8, 4) is 17.2 Å². The fourth-order valence-corrected chi connectivity index (χ4v) is 9.81. The summed E-state index contributed by atoms with van der Waals surface area (Å²) < 4.78 is 39.3. The first-order valence-electron chi connectivity index (χ1n) is 28.9. The number of aromatic amines is 2. The average molecular weight is 1510 g/mol. The first-order chi connectivity index (χ1) is 44.9. The molecule has 0 radical (unpaired) electrons. The van der Waals surface area contributed by atoms with E-state index in [-0.39, 0.29) is 52.5 Å². The van der Waals surface area contributed by atoms with E-state index in [0.29, 0.717) is 49.6 Å². The number of para-hydroxylation sites is 8. The molecular formula is C67H69BrCl5N8NaO13S. The van der Waals surface area contributed by atoms with Crippen LogP contribution < -0.4 is 43.8 Å². The van der Waals surface area contributed by atoms with Crippen molar-refractivity contribution in [1.29, 1.82) is 0 Å². The number of alkyl halides is 1. The van der Waals surface area contributed by atoms with Gasteiger partial charge in [-0.2, -0.15) is 0 Å². The minimum atomic E-state index is -1.67. The summed E-state index contributed by atoms with van der Waals surface area (Å²) in [6, 6.07) is 41.3. The first-order valence-corrected chi connectivity index (χ1v) is 33.9. The van der Waals surface area contributed by atoms with Crippen LogP contribution in [0.5, 0.6) is 17.2 Å². The number of aryl methyl sites for hydroxylation is 8. The summed E-state index contributed by atoms with van der Waals surface area (Å²) in [6.07, 6.45) is 2.41. The Balaban J connectivity index is 0.000000259. The van der Waals surface area contributed by atoms with E-state index in [9.17, 15) is 24.3 Å². The number of fused-ring (bicyclic) bond motifs is 4. The van der Waals surface area contributed by atoms with E-state index in [4.69, 9.17) is 63.1 Å². The Morgan fingerprint density at radius 2 is 0.812 bits per heavy atom. The maximum atomic E-state index is 12.0. The topological polar surface area (TPSA) is 295 Å². The van der Waals surface area contributed by atoms with E-state index in [1.807, 2.05) is 167 Å². The van der Waals surface area contributed by atoms with Crippen LogP contribution in [0.2, 0.25) is 15.1 Å². The van der Waals surface area contributed by atoms with Crippen molar-refractivity contribution in [2.45, 2.75) is 73.9 Å². The molecule has 504 valence electrons. The fraction of sp³-hybridized carbons (Fsp3) is 0.254. The van der Waals surface area contributed by atoms with Crippen molar-refractivity contribution in [1.82, 2.24) is 39.0 Å². The third kappa shape index (κ3) is 23.8. The Bertz CT molecular complexity index is 4300. The number of carbonyl (C=O) groups is 4. The van der Waals surface area contributed by atoms with Gasteiger partial charge in [-0.25, -0.2) is 43.3 Å². The van der Waals surface area contributed by atoms with Gasteiger partial charge in [0.1, 0.15) is 17.2 Å². The number of esters is 2. The van der Waals surface area contributed by atoms with E-state index in [1.54, 1.807) is 16.7 Å². The van der Waals surface area contributed by atoms with Crippen molar-refractivity contribution in [2.75, 3.05) is 39.4 Å². The maximum absolute atomic E-state index is 12.0. The molecule has 5 N–H and O–H groups in total. The number of nitrogens with one attached hydrogen (secondary N) is 2. The second kappa shape index (κ2) is 40.5. The molecule has 0 aliphatic heterocycles. The smallest absolute Gasteiger partial charge is 0.870 e. The summed E-state index contributed by atoms with van der Waals surface area (Å²) in [5.74, 6) is 0.118. The molecule has 11 aromatic rings. The monoisotopic (exact) mass is 1500 g/mol. The number of carboxylic acids is 2. The summed E-state index contributed by atoms with van der Waals surface area (Å²) in [5.41, 5.74) is 12.3. The van der Waals surface area contributed by atoms with Crippen molar-refractivity contribution in [3.05, 3.63) is 205 Å². The van der Waals surface area contributed by atoms with Gasteiger partial charge in [-0.05, 0) is 179 Å². The molecule has 7 aromatic carbocycles. The van der Waals surface area contributed by atoms with Crippen molar-refractivity contribution < 1.29 is 92.3 Å². The Labute approximate surface area is 611 Å². The number of carboxylic acid groups (broad SMARTS) is 2. The molecule has 21 nitrogen and oxygen atoms in total. The predicted molar refractivity (Wildman–Crippen MR) is 377 cm³/mol. The second-order valence-corrected chi connectivity index (χ2v) is 25.0. The van der Waals surface area contributed by atoms with Gasteiger partial charge in [0.05, 0.1) is 78.2 Å². The summed E-state index contributed by atoms with van der Waals surface area (Å²) >= 11 is 21.8. The van der Waals surface area contributed by atoms with E-state index < -0.39 is 33.1 Å². The average Bonchev–Trinajstić information content (AvgIpc) is 1.66. The molecule has 0 saturated carbocycles.